The van der Waals surface area contributed by atoms with Crippen LogP contribution < -0.4 is 0 Å². The Labute approximate surface area is 123 Å². The van der Waals surface area contributed by atoms with Crippen LogP contribution in [0.5, 0.6) is 0 Å². The van der Waals surface area contributed by atoms with E-state index in [1.165, 1.54) is 12.3 Å². The Balaban J connectivity index is 1.99. The third-order valence-corrected chi connectivity index (χ3v) is 2.98. The second-order valence-corrected chi connectivity index (χ2v) is 4.51. The molecule has 0 atom stereocenters. The highest BCUT2D eigenvalue weighted by Crippen LogP contribution is 2.19. The van der Waals surface area contributed by atoms with Gasteiger partial charge in [0.05, 0.1) is 10.6 Å². The van der Waals surface area contributed by atoms with Gasteiger partial charge in [0.15, 0.2) is 5.82 Å². The Morgan fingerprint density at radius 2 is 2.00 bits per heavy atom. The summed E-state index contributed by atoms with van der Waals surface area (Å²) in [5, 5.41) is 21.0. The van der Waals surface area contributed by atoms with Crippen molar-refractivity contribution < 1.29 is 9.90 Å². The van der Waals surface area contributed by atoms with Gasteiger partial charge in [-0.3, -0.25) is 0 Å². The Kier molecular flexibility index (Phi) is 3.33. The average Bonchev–Trinajstić information content (AvgIpc) is 2.97. The number of hydrogen-bond acceptors (Lipinski definition) is 5. The van der Waals surface area contributed by atoms with Crippen molar-refractivity contribution in [2.75, 3.05) is 0 Å². The standard InChI is InChI=1S/C13H8ClN5O2/c14-10-6-9(13(20)21)7-15-12(10)19-17-11(16-18-19)8-4-2-1-3-5-8/h1-7H,(H,20,21). The lowest BCUT2D eigenvalue weighted by Crippen LogP contribution is -2.05. The van der Waals surface area contributed by atoms with Gasteiger partial charge in [0, 0.05) is 11.8 Å². The molecular weight excluding hydrogens is 294 g/mol. The van der Waals surface area contributed by atoms with Crippen LogP contribution in [0.3, 0.4) is 0 Å². The van der Waals surface area contributed by atoms with E-state index in [0.717, 1.165) is 10.4 Å². The van der Waals surface area contributed by atoms with Crippen LogP contribution in [0.25, 0.3) is 17.2 Å². The first-order chi connectivity index (χ1) is 10.1. The minimum atomic E-state index is -1.10. The molecule has 0 radical (unpaired) electrons. The molecule has 3 aromatic rings. The molecule has 0 aliphatic carbocycles. The normalized spacial score (nSPS) is 10.5. The molecule has 2 heterocycles. The second-order valence-electron chi connectivity index (χ2n) is 4.10. The Bertz CT molecular complexity index is 803. The molecule has 0 spiro atoms. The largest absolute Gasteiger partial charge is 0.478 e. The molecular formula is C13H8ClN5O2. The number of tetrazole rings is 1. The second kappa shape index (κ2) is 5.29. The van der Waals surface area contributed by atoms with Gasteiger partial charge in [-0.15, -0.1) is 15.0 Å². The van der Waals surface area contributed by atoms with Gasteiger partial charge in [0.25, 0.3) is 0 Å². The Morgan fingerprint density at radius 3 is 2.67 bits per heavy atom. The lowest BCUT2D eigenvalue weighted by atomic mass is 10.2. The maximum Gasteiger partial charge on any atom is 0.337 e. The number of hydrogen-bond donors (Lipinski definition) is 1. The van der Waals surface area contributed by atoms with E-state index in [4.69, 9.17) is 16.7 Å². The first-order valence-electron chi connectivity index (χ1n) is 5.90. The minimum Gasteiger partial charge on any atom is -0.478 e. The van der Waals surface area contributed by atoms with Gasteiger partial charge in [-0.05, 0) is 11.3 Å². The summed E-state index contributed by atoms with van der Waals surface area (Å²) in [5.41, 5.74) is 0.800. The number of halogens is 1. The molecule has 1 N–H and O–H groups in total. The molecule has 0 amide bonds. The number of pyridine rings is 1. The summed E-state index contributed by atoms with van der Waals surface area (Å²) in [4.78, 5) is 16.0. The van der Waals surface area contributed by atoms with Crippen molar-refractivity contribution in [3.63, 3.8) is 0 Å². The predicted molar refractivity (Wildman–Crippen MR) is 74.4 cm³/mol. The fourth-order valence-corrected chi connectivity index (χ4v) is 1.94. The summed E-state index contributed by atoms with van der Waals surface area (Å²) in [5.74, 6) is -0.459. The van der Waals surface area contributed by atoms with Gasteiger partial charge in [0.2, 0.25) is 5.82 Å². The predicted octanol–water partition coefficient (Wildman–Crippen LogP) is 2.08. The van der Waals surface area contributed by atoms with E-state index >= 15 is 0 Å². The molecule has 21 heavy (non-hydrogen) atoms. The zero-order chi connectivity index (χ0) is 14.8. The van der Waals surface area contributed by atoms with E-state index in [1.54, 1.807) is 0 Å². The summed E-state index contributed by atoms with van der Waals surface area (Å²) >= 11 is 6.01. The van der Waals surface area contributed by atoms with Crippen LogP contribution in [-0.2, 0) is 0 Å². The molecule has 0 bridgehead atoms. The highest BCUT2D eigenvalue weighted by Gasteiger charge is 2.13. The average molecular weight is 302 g/mol. The SMILES string of the molecule is O=C(O)c1cnc(-n2nnc(-c3ccccc3)n2)c(Cl)c1. The van der Waals surface area contributed by atoms with Gasteiger partial charge in [-0.2, -0.15) is 0 Å². The summed E-state index contributed by atoms with van der Waals surface area (Å²) in [7, 11) is 0. The molecule has 1 aromatic carbocycles. The summed E-state index contributed by atoms with van der Waals surface area (Å²) < 4.78 is 0. The summed E-state index contributed by atoms with van der Waals surface area (Å²) in [6, 6.07) is 10.6. The van der Waals surface area contributed by atoms with Crippen molar-refractivity contribution in [3.05, 3.63) is 53.2 Å². The number of carboxylic acids is 1. The summed E-state index contributed by atoms with van der Waals surface area (Å²) in [6.45, 7) is 0. The van der Waals surface area contributed by atoms with Crippen molar-refractivity contribution in [1.29, 1.82) is 0 Å². The maximum absolute atomic E-state index is 10.8. The number of nitrogens with zero attached hydrogens (tertiary/aromatic N) is 5. The lowest BCUT2D eigenvalue weighted by Gasteiger charge is -2.01. The molecule has 0 aliphatic rings. The van der Waals surface area contributed by atoms with E-state index in [9.17, 15) is 4.79 Å². The number of carboxylic acid groups (broad SMARTS) is 1. The van der Waals surface area contributed by atoms with Gasteiger partial charge >= 0.3 is 5.97 Å². The molecule has 3 rings (SSSR count). The fraction of sp³-hybridized carbons (Fsp3) is 0. The number of carbonyl (C=O) groups is 1. The lowest BCUT2D eigenvalue weighted by molar-refractivity contribution is 0.0696. The quantitative estimate of drug-likeness (QED) is 0.796. The molecule has 8 heteroatoms. The third-order valence-electron chi connectivity index (χ3n) is 2.70. The van der Waals surface area contributed by atoms with Crippen molar-refractivity contribution in [2.24, 2.45) is 0 Å². The van der Waals surface area contributed by atoms with Crippen molar-refractivity contribution in [3.8, 4) is 17.2 Å². The molecule has 2 aromatic heterocycles. The van der Waals surface area contributed by atoms with E-state index in [-0.39, 0.29) is 16.4 Å². The van der Waals surface area contributed by atoms with Crippen molar-refractivity contribution in [1.82, 2.24) is 25.2 Å². The minimum absolute atomic E-state index is 0.00727. The van der Waals surface area contributed by atoms with Crippen LogP contribution in [0.2, 0.25) is 5.02 Å². The van der Waals surface area contributed by atoms with Crippen LogP contribution >= 0.6 is 11.6 Å². The first-order valence-corrected chi connectivity index (χ1v) is 6.27. The van der Waals surface area contributed by atoms with E-state index in [0.29, 0.717) is 5.82 Å². The molecule has 7 nitrogen and oxygen atoms in total. The highest BCUT2D eigenvalue weighted by atomic mass is 35.5. The molecule has 0 fully saturated rings. The molecule has 0 unspecified atom stereocenters. The van der Waals surface area contributed by atoms with Crippen LogP contribution in [0, 0.1) is 0 Å². The fourth-order valence-electron chi connectivity index (χ4n) is 1.70. The van der Waals surface area contributed by atoms with E-state index < -0.39 is 5.97 Å². The highest BCUT2D eigenvalue weighted by molar-refractivity contribution is 6.32. The monoisotopic (exact) mass is 301 g/mol. The van der Waals surface area contributed by atoms with Gasteiger partial charge in [0.1, 0.15) is 0 Å². The topological polar surface area (TPSA) is 93.8 Å². The van der Waals surface area contributed by atoms with Crippen LogP contribution in [0.1, 0.15) is 10.4 Å². The Hall–Kier alpha value is -2.80. The van der Waals surface area contributed by atoms with Crippen molar-refractivity contribution >= 4 is 17.6 Å². The van der Waals surface area contributed by atoms with Gasteiger partial charge in [-0.25, -0.2) is 9.78 Å². The van der Waals surface area contributed by atoms with Gasteiger partial charge < -0.3 is 5.11 Å². The number of benzene rings is 1. The van der Waals surface area contributed by atoms with E-state index in [1.807, 2.05) is 30.3 Å². The molecule has 0 aliphatic heterocycles. The smallest absolute Gasteiger partial charge is 0.337 e. The number of aromatic nitrogens is 5. The first kappa shape index (κ1) is 13.2. The van der Waals surface area contributed by atoms with Crippen molar-refractivity contribution in [2.45, 2.75) is 0 Å². The Morgan fingerprint density at radius 1 is 1.24 bits per heavy atom. The van der Waals surface area contributed by atoms with Gasteiger partial charge in [-0.1, -0.05) is 41.9 Å². The van der Waals surface area contributed by atoms with Crippen LogP contribution in [0.4, 0.5) is 0 Å². The number of aromatic carboxylic acids is 1. The zero-order valence-corrected chi connectivity index (χ0v) is 11.3. The van der Waals surface area contributed by atoms with E-state index in [2.05, 4.69) is 20.4 Å². The van der Waals surface area contributed by atoms with Crippen LogP contribution in [0.15, 0.2) is 42.6 Å². The molecule has 0 saturated heterocycles. The zero-order valence-electron chi connectivity index (χ0n) is 10.5. The van der Waals surface area contributed by atoms with Crippen LogP contribution in [-0.4, -0.2) is 36.3 Å². The molecule has 104 valence electrons. The maximum atomic E-state index is 10.8. The number of rotatable bonds is 3. The third kappa shape index (κ3) is 2.59. The molecule has 0 saturated carbocycles. The summed E-state index contributed by atoms with van der Waals surface area (Å²) in [6.07, 6.45) is 1.19.